The van der Waals surface area contributed by atoms with E-state index in [0.717, 1.165) is 27.9 Å². The van der Waals surface area contributed by atoms with Gasteiger partial charge in [0.2, 0.25) is 0 Å². The van der Waals surface area contributed by atoms with Gasteiger partial charge in [0.05, 0.1) is 0 Å². The van der Waals surface area contributed by atoms with Crippen LogP contribution in [0.4, 0.5) is 0 Å². The van der Waals surface area contributed by atoms with E-state index in [0.29, 0.717) is 0 Å². The van der Waals surface area contributed by atoms with Crippen molar-refractivity contribution in [2.45, 2.75) is 32.2 Å². The summed E-state index contributed by atoms with van der Waals surface area (Å²) in [5.41, 5.74) is 6.94. The zero-order chi connectivity index (χ0) is 10.8. The Morgan fingerprint density at radius 2 is 2.07 bits per heavy atom. The van der Waals surface area contributed by atoms with Gasteiger partial charge in [-0.2, -0.15) is 0 Å². The van der Waals surface area contributed by atoms with Crippen LogP contribution < -0.4 is 5.73 Å². The summed E-state index contributed by atoms with van der Waals surface area (Å²) in [4.78, 5) is 0. The minimum Gasteiger partial charge on any atom is -0.326 e. The summed E-state index contributed by atoms with van der Waals surface area (Å²) in [6.45, 7) is 4.05. The molecule has 1 nitrogen and oxygen atoms in total. The van der Waals surface area contributed by atoms with E-state index in [2.05, 4.69) is 15.9 Å². The average molecular weight is 277 g/mol. The van der Waals surface area contributed by atoms with Crippen molar-refractivity contribution in [3.8, 4) is 0 Å². The predicted octanol–water partition coefficient (Wildman–Crippen LogP) is 3.77. The average Bonchev–Trinajstić information content (AvgIpc) is 2.05. The molecule has 0 heterocycles. The molecule has 0 aliphatic rings. The summed E-state index contributed by atoms with van der Waals surface area (Å²) in [7, 11) is 0. The molecule has 0 atom stereocenters. The van der Waals surface area contributed by atoms with Crippen molar-refractivity contribution in [1.29, 1.82) is 0 Å². The maximum absolute atomic E-state index is 6.06. The van der Waals surface area contributed by atoms with Crippen LogP contribution in [0.15, 0.2) is 22.7 Å². The van der Waals surface area contributed by atoms with Gasteiger partial charge in [-0.1, -0.05) is 27.5 Å². The van der Waals surface area contributed by atoms with Gasteiger partial charge in [0.15, 0.2) is 0 Å². The van der Waals surface area contributed by atoms with Crippen LogP contribution >= 0.6 is 27.5 Å². The third kappa shape index (κ3) is 3.99. The van der Waals surface area contributed by atoms with Crippen molar-refractivity contribution in [1.82, 2.24) is 0 Å². The van der Waals surface area contributed by atoms with Gasteiger partial charge in [-0.25, -0.2) is 0 Å². The molecule has 0 bridgehead atoms. The Morgan fingerprint density at radius 1 is 1.43 bits per heavy atom. The number of aryl methyl sites for hydroxylation is 1. The zero-order valence-corrected chi connectivity index (χ0v) is 10.8. The Hall–Kier alpha value is -0.0500. The van der Waals surface area contributed by atoms with Crippen LogP contribution in [-0.4, -0.2) is 5.54 Å². The lowest BCUT2D eigenvalue weighted by atomic mass is 9.97. The molecule has 0 radical (unpaired) electrons. The van der Waals surface area contributed by atoms with Crippen LogP contribution in [0.25, 0.3) is 0 Å². The van der Waals surface area contributed by atoms with Crippen LogP contribution in [0.5, 0.6) is 0 Å². The molecule has 0 fully saturated rings. The SMILES string of the molecule is CC(C)(N)CCc1cc(Br)ccc1Cl. The lowest BCUT2D eigenvalue weighted by Crippen LogP contribution is -2.32. The normalized spacial score (nSPS) is 11.8. The molecule has 1 aromatic rings. The van der Waals surface area contributed by atoms with E-state index >= 15 is 0 Å². The van der Waals surface area contributed by atoms with Gasteiger partial charge in [0.1, 0.15) is 0 Å². The van der Waals surface area contributed by atoms with Crippen molar-refractivity contribution in [3.05, 3.63) is 33.3 Å². The number of hydrogen-bond donors (Lipinski definition) is 1. The molecule has 0 saturated carbocycles. The van der Waals surface area contributed by atoms with Crippen molar-refractivity contribution in [2.24, 2.45) is 5.73 Å². The molecule has 2 N–H and O–H groups in total. The maximum Gasteiger partial charge on any atom is 0.0438 e. The molecule has 0 aromatic heterocycles. The van der Waals surface area contributed by atoms with E-state index in [1.165, 1.54) is 0 Å². The van der Waals surface area contributed by atoms with E-state index in [4.69, 9.17) is 17.3 Å². The van der Waals surface area contributed by atoms with Gasteiger partial charge in [0.25, 0.3) is 0 Å². The summed E-state index contributed by atoms with van der Waals surface area (Å²) in [6, 6.07) is 5.90. The Balaban J connectivity index is 2.72. The fourth-order valence-electron chi connectivity index (χ4n) is 1.19. The Labute approximate surface area is 98.8 Å². The first-order valence-corrected chi connectivity index (χ1v) is 5.78. The van der Waals surface area contributed by atoms with Crippen molar-refractivity contribution >= 4 is 27.5 Å². The van der Waals surface area contributed by atoms with E-state index in [-0.39, 0.29) is 5.54 Å². The lowest BCUT2D eigenvalue weighted by molar-refractivity contribution is 0.477. The second-order valence-corrected chi connectivity index (χ2v) is 5.55. The number of nitrogens with two attached hydrogens (primary N) is 1. The van der Waals surface area contributed by atoms with Crippen LogP contribution in [0, 0.1) is 0 Å². The first kappa shape index (κ1) is 12.0. The standard InChI is InChI=1S/C11H15BrClN/c1-11(2,14)6-5-8-7-9(12)3-4-10(8)13/h3-4,7H,5-6,14H2,1-2H3. The zero-order valence-electron chi connectivity index (χ0n) is 8.48. The smallest absolute Gasteiger partial charge is 0.0438 e. The van der Waals surface area contributed by atoms with Crippen LogP contribution in [0.3, 0.4) is 0 Å². The predicted molar refractivity (Wildman–Crippen MR) is 65.7 cm³/mol. The van der Waals surface area contributed by atoms with E-state index < -0.39 is 0 Å². The Bertz CT molecular complexity index is 318. The Morgan fingerprint density at radius 3 is 2.64 bits per heavy atom. The van der Waals surface area contributed by atoms with Gasteiger partial charge in [-0.15, -0.1) is 0 Å². The fraction of sp³-hybridized carbons (Fsp3) is 0.455. The molecule has 0 aliphatic carbocycles. The molecular weight excluding hydrogens is 261 g/mol. The molecule has 1 aromatic carbocycles. The second-order valence-electron chi connectivity index (χ2n) is 4.22. The summed E-state index contributed by atoms with van der Waals surface area (Å²) in [5.74, 6) is 0. The van der Waals surface area contributed by atoms with Crippen molar-refractivity contribution < 1.29 is 0 Å². The fourth-order valence-corrected chi connectivity index (χ4v) is 1.81. The van der Waals surface area contributed by atoms with E-state index in [9.17, 15) is 0 Å². The molecular formula is C11H15BrClN. The largest absolute Gasteiger partial charge is 0.326 e. The molecule has 3 heteroatoms. The highest BCUT2D eigenvalue weighted by molar-refractivity contribution is 9.10. The van der Waals surface area contributed by atoms with Crippen LogP contribution in [0.2, 0.25) is 5.02 Å². The summed E-state index contributed by atoms with van der Waals surface area (Å²) in [6.07, 6.45) is 1.85. The van der Waals surface area contributed by atoms with Crippen molar-refractivity contribution in [2.75, 3.05) is 0 Å². The quantitative estimate of drug-likeness (QED) is 0.893. The van der Waals surface area contributed by atoms with Crippen LogP contribution in [-0.2, 0) is 6.42 Å². The topological polar surface area (TPSA) is 26.0 Å². The third-order valence-corrected chi connectivity index (χ3v) is 2.91. The number of rotatable bonds is 3. The number of benzene rings is 1. The van der Waals surface area contributed by atoms with E-state index in [1.807, 2.05) is 32.0 Å². The Kier molecular flexibility index (Phi) is 3.99. The first-order valence-electron chi connectivity index (χ1n) is 4.61. The lowest BCUT2D eigenvalue weighted by Gasteiger charge is -2.18. The molecule has 78 valence electrons. The molecule has 14 heavy (non-hydrogen) atoms. The molecule has 0 amide bonds. The first-order chi connectivity index (χ1) is 6.38. The van der Waals surface area contributed by atoms with Crippen molar-refractivity contribution in [3.63, 3.8) is 0 Å². The minimum absolute atomic E-state index is 0.133. The van der Waals surface area contributed by atoms with Gasteiger partial charge in [0, 0.05) is 15.0 Å². The summed E-state index contributed by atoms with van der Waals surface area (Å²) < 4.78 is 1.06. The highest BCUT2D eigenvalue weighted by Crippen LogP contribution is 2.23. The summed E-state index contributed by atoms with van der Waals surface area (Å²) >= 11 is 9.49. The number of halogens is 2. The van der Waals surface area contributed by atoms with Crippen LogP contribution in [0.1, 0.15) is 25.8 Å². The second kappa shape index (κ2) is 4.65. The number of hydrogen-bond acceptors (Lipinski definition) is 1. The highest BCUT2D eigenvalue weighted by atomic mass is 79.9. The third-order valence-electron chi connectivity index (χ3n) is 2.05. The van der Waals surface area contributed by atoms with Gasteiger partial charge in [-0.05, 0) is 50.5 Å². The minimum atomic E-state index is -0.133. The van der Waals surface area contributed by atoms with Gasteiger partial charge >= 0.3 is 0 Å². The molecule has 0 aliphatic heterocycles. The molecule has 0 unspecified atom stereocenters. The monoisotopic (exact) mass is 275 g/mol. The highest BCUT2D eigenvalue weighted by Gasteiger charge is 2.11. The van der Waals surface area contributed by atoms with Gasteiger partial charge < -0.3 is 5.73 Å². The molecule has 0 spiro atoms. The summed E-state index contributed by atoms with van der Waals surface area (Å²) in [5, 5.41) is 0.817. The van der Waals surface area contributed by atoms with Gasteiger partial charge in [-0.3, -0.25) is 0 Å². The van der Waals surface area contributed by atoms with E-state index in [1.54, 1.807) is 0 Å². The molecule has 1 rings (SSSR count). The maximum atomic E-state index is 6.06. The molecule has 0 saturated heterocycles.